The maximum atomic E-state index is 6.08. The van der Waals surface area contributed by atoms with Gasteiger partial charge in [0.1, 0.15) is 0 Å². The monoisotopic (exact) mass is 281 g/mol. The van der Waals surface area contributed by atoms with Crippen molar-refractivity contribution in [1.82, 2.24) is 14.8 Å². The first-order valence-corrected chi connectivity index (χ1v) is 7.07. The molecule has 21 heavy (non-hydrogen) atoms. The Bertz CT molecular complexity index is 775. The molecule has 0 saturated carbocycles. The van der Waals surface area contributed by atoms with Crippen molar-refractivity contribution in [1.29, 1.82) is 0 Å². The van der Waals surface area contributed by atoms with E-state index in [9.17, 15) is 0 Å². The quantitative estimate of drug-likeness (QED) is 0.771. The summed E-state index contributed by atoms with van der Waals surface area (Å²) in [6, 6.07) is 7.99. The van der Waals surface area contributed by atoms with E-state index in [1.165, 1.54) is 5.56 Å². The van der Waals surface area contributed by atoms with E-state index in [1.54, 1.807) is 6.20 Å². The number of pyridine rings is 1. The van der Waals surface area contributed by atoms with Crippen LogP contribution < -0.4 is 11.1 Å². The van der Waals surface area contributed by atoms with Crippen molar-refractivity contribution >= 4 is 22.3 Å². The van der Waals surface area contributed by atoms with E-state index in [0.29, 0.717) is 12.2 Å². The zero-order chi connectivity index (χ0) is 14.8. The van der Waals surface area contributed by atoms with E-state index in [1.807, 2.05) is 42.2 Å². The second-order valence-electron chi connectivity index (χ2n) is 5.09. The molecule has 0 aliphatic heterocycles. The SMILES string of the molecule is CCc1nn(C)cc1CNc1c(N)cnc2ccccc12. The van der Waals surface area contributed by atoms with Crippen molar-refractivity contribution in [2.45, 2.75) is 19.9 Å². The summed E-state index contributed by atoms with van der Waals surface area (Å²) in [4.78, 5) is 4.35. The van der Waals surface area contributed by atoms with Crippen LogP contribution in [0.1, 0.15) is 18.2 Å². The summed E-state index contributed by atoms with van der Waals surface area (Å²) in [6.45, 7) is 2.82. The Kier molecular flexibility index (Phi) is 3.48. The van der Waals surface area contributed by atoms with Gasteiger partial charge in [-0.25, -0.2) is 0 Å². The number of nitrogens with two attached hydrogens (primary N) is 1. The first-order chi connectivity index (χ1) is 10.2. The zero-order valence-corrected chi connectivity index (χ0v) is 12.3. The Labute approximate surface area is 123 Å². The second kappa shape index (κ2) is 5.44. The average Bonchev–Trinajstić information content (AvgIpc) is 2.86. The molecule has 0 fully saturated rings. The van der Waals surface area contributed by atoms with Crippen molar-refractivity contribution in [2.24, 2.45) is 7.05 Å². The normalized spacial score (nSPS) is 11.0. The van der Waals surface area contributed by atoms with Crippen LogP contribution in [0.4, 0.5) is 11.4 Å². The highest BCUT2D eigenvalue weighted by Crippen LogP contribution is 2.28. The molecule has 3 N–H and O–H groups in total. The fraction of sp³-hybridized carbons (Fsp3) is 0.250. The molecule has 0 aliphatic rings. The zero-order valence-electron chi connectivity index (χ0n) is 12.3. The van der Waals surface area contributed by atoms with Gasteiger partial charge < -0.3 is 11.1 Å². The first kappa shape index (κ1) is 13.4. The Morgan fingerprint density at radius 3 is 2.90 bits per heavy atom. The molecule has 0 spiro atoms. The molecule has 0 bridgehead atoms. The maximum absolute atomic E-state index is 6.08. The van der Waals surface area contributed by atoms with Gasteiger partial charge in [0, 0.05) is 30.7 Å². The van der Waals surface area contributed by atoms with Gasteiger partial charge in [-0.2, -0.15) is 5.10 Å². The molecule has 0 radical (unpaired) electrons. The molecule has 2 heterocycles. The third-order valence-corrected chi connectivity index (χ3v) is 3.59. The number of aromatic nitrogens is 3. The summed E-state index contributed by atoms with van der Waals surface area (Å²) in [5.74, 6) is 0. The number of benzene rings is 1. The Morgan fingerprint density at radius 1 is 1.29 bits per heavy atom. The number of nitrogens with zero attached hydrogens (tertiary/aromatic N) is 3. The molecule has 1 aromatic carbocycles. The Balaban J connectivity index is 1.93. The van der Waals surface area contributed by atoms with E-state index < -0.39 is 0 Å². The molecular formula is C16H19N5. The molecular weight excluding hydrogens is 262 g/mol. The van der Waals surface area contributed by atoms with Gasteiger partial charge in [0.25, 0.3) is 0 Å². The Hall–Kier alpha value is -2.56. The maximum Gasteiger partial charge on any atom is 0.0743 e. The predicted octanol–water partition coefficient (Wildman–Crippen LogP) is 2.73. The lowest BCUT2D eigenvalue weighted by Gasteiger charge is -2.12. The minimum Gasteiger partial charge on any atom is -0.396 e. The first-order valence-electron chi connectivity index (χ1n) is 7.07. The van der Waals surface area contributed by atoms with Gasteiger partial charge in [-0.1, -0.05) is 25.1 Å². The van der Waals surface area contributed by atoms with Gasteiger partial charge in [0.15, 0.2) is 0 Å². The fourth-order valence-electron chi connectivity index (χ4n) is 2.57. The van der Waals surface area contributed by atoms with Crippen molar-refractivity contribution in [2.75, 3.05) is 11.1 Å². The van der Waals surface area contributed by atoms with E-state index in [0.717, 1.165) is 28.7 Å². The molecule has 5 nitrogen and oxygen atoms in total. The predicted molar refractivity (Wildman–Crippen MR) is 86.1 cm³/mol. The van der Waals surface area contributed by atoms with E-state index >= 15 is 0 Å². The number of para-hydroxylation sites is 1. The third kappa shape index (κ3) is 2.54. The minimum absolute atomic E-state index is 0.663. The number of aryl methyl sites for hydroxylation is 2. The van der Waals surface area contributed by atoms with Crippen molar-refractivity contribution in [3.8, 4) is 0 Å². The number of hydrogen-bond acceptors (Lipinski definition) is 4. The minimum atomic E-state index is 0.663. The molecule has 0 unspecified atom stereocenters. The summed E-state index contributed by atoms with van der Waals surface area (Å²) in [7, 11) is 1.94. The van der Waals surface area contributed by atoms with Crippen LogP contribution in [0, 0.1) is 0 Å². The molecule has 3 aromatic rings. The van der Waals surface area contributed by atoms with Crippen LogP contribution >= 0.6 is 0 Å². The number of fused-ring (bicyclic) bond motifs is 1. The van der Waals surface area contributed by atoms with Crippen LogP contribution in [0.15, 0.2) is 36.7 Å². The summed E-state index contributed by atoms with van der Waals surface area (Å²) in [6.07, 6.45) is 4.67. The number of nitrogen functional groups attached to an aromatic ring is 1. The number of anilines is 2. The molecule has 5 heteroatoms. The molecule has 2 aromatic heterocycles. The second-order valence-corrected chi connectivity index (χ2v) is 5.09. The van der Waals surface area contributed by atoms with Crippen molar-refractivity contribution in [3.63, 3.8) is 0 Å². The summed E-state index contributed by atoms with van der Waals surface area (Å²) in [5.41, 5.74) is 10.9. The smallest absolute Gasteiger partial charge is 0.0743 e. The molecule has 0 aliphatic carbocycles. The topological polar surface area (TPSA) is 68.8 Å². The van der Waals surface area contributed by atoms with Gasteiger partial charge in [-0.3, -0.25) is 9.67 Å². The van der Waals surface area contributed by atoms with Crippen molar-refractivity contribution < 1.29 is 0 Å². The summed E-state index contributed by atoms with van der Waals surface area (Å²) < 4.78 is 1.85. The summed E-state index contributed by atoms with van der Waals surface area (Å²) >= 11 is 0. The highest BCUT2D eigenvalue weighted by molar-refractivity contribution is 5.96. The van der Waals surface area contributed by atoms with Gasteiger partial charge >= 0.3 is 0 Å². The molecule has 3 rings (SSSR count). The molecule has 0 amide bonds. The third-order valence-electron chi connectivity index (χ3n) is 3.59. The lowest BCUT2D eigenvalue weighted by molar-refractivity contribution is 0.746. The van der Waals surface area contributed by atoms with Gasteiger partial charge in [-0.15, -0.1) is 0 Å². The fourth-order valence-corrected chi connectivity index (χ4v) is 2.57. The van der Waals surface area contributed by atoms with Gasteiger partial charge in [-0.05, 0) is 12.5 Å². The van der Waals surface area contributed by atoms with E-state index in [2.05, 4.69) is 22.3 Å². The number of rotatable bonds is 4. The van der Waals surface area contributed by atoms with Crippen LogP contribution in [-0.2, 0) is 20.0 Å². The highest BCUT2D eigenvalue weighted by Gasteiger charge is 2.09. The lowest BCUT2D eigenvalue weighted by Crippen LogP contribution is -2.05. The average molecular weight is 281 g/mol. The van der Waals surface area contributed by atoms with Crippen LogP contribution in [0.5, 0.6) is 0 Å². The van der Waals surface area contributed by atoms with Crippen LogP contribution in [0.3, 0.4) is 0 Å². The van der Waals surface area contributed by atoms with Gasteiger partial charge in [0.2, 0.25) is 0 Å². The van der Waals surface area contributed by atoms with Crippen LogP contribution in [-0.4, -0.2) is 14.8 Å². The molecule has 108 valence electrons. The standard InChI is InChI=1S/C16H19N5/c1-3-14-11(10-21(2)20-14)8-19-16-12-6-4-5-7-15(12)18-9-13(16)17/h4-7,9-10H,3,8,17H2,1-2H3,(H,18,19). The Morgan fingerprint density at radius 2 is 2.10 bits per heavy atom. The molecule has 0 atom stereocenters. The highest BCUT2D eigenvalue weighted by atomic mass is 15.3. The van der Waals surface area contributed by atoms with E-state index in [4.69, 9.17) is 5.73 Å². The number of nitrogens with one attached hydrogen (secondary N) is 1. The molecule has 0 saturated heterocycles. The van der Waals surface area contributed by atoms with Crippen LogP contribution in [0.2, 0.25) is 0 Å². The largest absolute Gasteiger partial charge is 0.396 e. The van der Waals surface area contributed by atoms with Gasteiger partial charge in [0.05, 0.1) is 28.8 Å². The van der Waals surface area contributed by atoms with Crippen molar-refractivity contribution in [3.05, 3.63) is 47.9 Å². The summed E-state index contributed by atoms with van der Waals surface area (Å²) in [5, 5.41) is 8.94. The number of hydrogen-bond donors (Lipinski definition) is 2. The van der Waals surface area contributed by atoms with E-state index in [-0.39, 0.29) is 0 Å². The lowest BCUT2D eigenvalue weighted by atomic mass is 10.1. The van der Waals surface area contributed by atoms with Crippen LogP contribution in [0.25, 0.3) is 10.9 Å².